The summed E-state index contributed by atoms with van der Waals surface area (Å²) in [6, 6.07) is 12.7. The maximum absolute atomic E-state index is 12.4. The lowest BCUT2D eigenvalue weighted by molar-refractivity contribution is -0.0584. The average Bonchev–Trinajstić information content (AvgIpc) is 3.11. The minimum Gasteiger partial charge on any atom is -0.324 e. The molecule has 2 amide bonds. The van der Waals surface area contributed by atoms with Crippen molar-refractivity contribution in [2.75, 3.05) is 0 Å². The van der Waals surface area contributed by atoms with Gasteiger partial charge in [0.25, 0.3) is 11.8 Å². The van der Waals surface area contributed by atoms with E-state index >= 15 is 0 Å². The van der Waals surface area contributed by atoms with E-state index in [0.29, 0.717) is 21.5 Å². The summed E-state index contributed by atoms with van der Waals surface area (Å²) in [6.45, 7) is 3.65. The number of hydrogen-bond donors (Lipinski definition) is 0. The first-order chi connectivity index (χ1) is 13.4. The molecule has 8 heteroatoms. The van der Waals surface area contributed by atoms with Crippen LogP contribution >= 0.6 is 11.6 Å². The van der Waals surface area contributed by atoms with Gasteiger partial charge in [0.1, 0.15) is 0 Å². The molecule has 0 spiro atoms. The molecule has 0 radical (unpaired) electrons. The van der Waals surface area contributed by atoms with Gasteiger partial charge in [-0.2, -0.15) is 5.10 Å². The van der Waals surface area contributed by atoms with Gasteiger partial charge in [0.05, 0.1) is 38.8 Å². The summed E-state index contributed by atoms with van der Waals surface area (Å²) in [5.41, 5.74) is 2.79. The number of carbonyl (C=O) groups is 3. The summed E-state index contributed by atoms with van der Waals surface area (Å²) in [5, 5.41) is 5.42. The van der Waals surface area contributed by atoms with Crippen LogP contribution in [0.25, 0.3) is 5.69 Å². The third-order valence-corrected chi connectivity index (χ3v) is 5.03. The quantitative estimate of drug-likeness (QED) is 0.634. The van der Waals surface area contributed by atoms with Crippen molar-refractivity contribution in [2.24, 2.45) is 0 Å². The summed E-state index contributed by atoms with van der Waals surface area (Å²) in [4.78, 5) is 42.0. The Morgan fingerprint density at radius 1 is 0.964 bits per heavy atom. The van der Waals surface area contributed by atoms with Crippen LogP contribution in [0.3, 0.4) is 0 Å². The fourth-order valence-corrected chi connectivity index (χ4v) is 3.12. The second-order valence-electron chi connectivity index (χ2n) is 6.27. The van der Waals surface area contributed by atoms with Crippen molar-refractivity contribution in [1.82, 2.24) is 14.8 Å². The lowest BCUT2D eigenvalue weighted by Gasteiger charge is -2.13. The minimum atomic E-state index is -0.813. The summed E-state index contributed by atoms with van der Waals surface area (Å²) >= 11 is 6.16. The number of rotatable bonds is 3. The molecule has 0 aliphatic carbocycles. The van der Waals surface area contributed by atoms with Crippen molar-refractivity contribution < 1.29 is 19.2 Å². The van der Waals surface area contributed by atoms with E-state index in [4.69, 9.17) is 16.4 Å². The number of halogens is 1. The lowest BCUT2D eigenvalue weighted by atomic mass is 10.1. The molecular weight excluding hydrogens is 382 g/mol. The number of carbonyl (C=O) groups excluding carboxylic acids is 3. The van der Waals surface area contributed by atoms with Gasteiger partial charge in [-0.15, -0.1) is 0 Å². The van der Waals surface area contributed by atoms with Crippen molar-refractivity contribution in [3.8, 4) is 5.69 Å². The third kappa shape index (κ3) is 2.76. The molecular formula is C20H14ClN3O4. The molecule has 4 rings (SSSR count). The number of aryl methyl sites for hydroxylation is 1. The highest BCUT2D eigenvalue weighted by Crippen LogP contribution is 2.25. The largest absolute Gasteiger partial charge is 0.363 e. The second kappa shape index (κ2) is 6.61. The van der Waals surface area contributed by atoms with E-state index in [2.05, 4.69) is 5.10 Å². The first kappa shape index (κ1) is 17.9. The Morgan fingerprint density at radius 2 is 1.54 bits per heavy atom. The highest BCUT2D eigenvalue weighted by molar-refractivity contribution is 6.31. The zero-order chi connectivity index (χ0) is 20.0. The fraction of sp³-hybridized carbons (Fsp3) is 0.100. The van der Waals surface area contributed by atoms with E-state index < -0.39 is 17.8 Å². The van der Waals surface area contributed by atoms with Crippen molar-refractivity contribution in [3.63, 3.8) is 0 Å². The smallest absolute Gasteiger partial charge is 0.324 e. The van der Waals surface area contributed by atoms with Crippen molar-refractivity contribution >= 4 is 29.4 Å². The van der Waals surface area contributed by atoms with Gasteiger partial charge in [0.2, 0.25) is 0 Å². The zero-order valence-electron chi connectivity index (χ0n) is 15.0. The molecule has 2 aromatic carbocycles. The first-order valence-corrected chi connectivity index (χ1v) is 8.78. The molecule has 0 bridgehead atoms. The second-order valence-corrected chi connectivity index (χ2v) is 6.65. The van der Waals surface area contributed by atoms with Crippen LogP contribution in [0.5, 0.6) is 0 Å². The monoisotopic (exact) mass is 395 g/mol. The van der Waals surface area contributed by atoms with Crippen LogP contribution in [-0.4, -0.2) is 32.6 Å². The predicted octanol–water partition coefficient (Wildman–Crippen LogP) is 3.51. The number of fused-ring (bicyclic) bond motifs is 1. The Bertz CT molecular complexity index is 1100. The van der Waals surface area contributed by atoms with Crippen LogP contribution in [0, 0.1) is 13.8 Å². The van der Waals surface area contributed by atoms with E-state index in [0.717, 1.165) is 5.69 Å². The Kier molecular flexibility index (Phi) is 4.24. The molecule has 0 N–H and O–H groups in total. The number of nitrogens with zero attached hydrogens (tertiary/aromatic N) is 3. The molecule has 3 aromatic rings. The molecule has 1 aliphatic rings. The molecule has 2 heterocycles. The molecule has 0 fully saturated rings. The molecule has 1 aliphatic heterocycles. The Morgan fingerprint density at radius 3 is 2.04 bits per heavy atom. The van der Waals surface area contributed by atoms with Crippen LogP contribution in [-0.2, 0) is 4.84 Å². The summed E-state index contributed by atoms with van der Waals surface area (Å²) in [7, 11) is 0. The topological polar surface area (TPSA) is 81.5 Å². The standard InChI is InChI=1S/C20H14ClN3O4/c1-11-17(21)12(2)23(22-11)14-9-7-13(8-10-14)20(27)28-24-18(25)15-5-3-4-6-16(15)19(24)26/h3-10H,1-2H3. The summed E-state index contributed by atoms with van der Waals surface area (Å²) in [5.74, 6) is -2.14. The van der Waals surface area contributed by atoms with Crippen LogP contribution in [0.2, 0.25) is 5.02 Å². The van der Waals surface area contributed by atoms with Gasteiger partial charge in [-0.25, -0.2) is 9.48 Å². The van der Waals surface area contributed by atoms with Gasteiger partial charge in [-0.3, -0.25) is 9.59 Å². The van der Waals surface area contributed by atoms with Crippen LogP contribution in [0.1, 0.15) is 42.5 Å². The molecule has 0 unspecified atom stereocenters. The van der Waals surface area contributed by atoms with E-state index in [9.17, 15) is 14.4 Å². The van der Waals surface area contributed by atoms with Gasteiger partial charge >= 0.3 is 5.97 Å². The molecule has 1 aromatic heterocycles. The van der Waals surface area contributed by atoms with E-state index in [1.165, 1.54) is 24.3 Å². The lowest BCUT2D eigenvalue weighted by Crippen LogP contribution is -2.32. The highest BCUT2D eigenvalue weighted by atomic mass is 35.5. The van der Waals surface area contributed by atoms with Gasteiger partial charge < -0.3 is 4.84 Å². The van der Waals surface area contributed by atoms with E-state index in [1.807, 2.05) is 6.92 Å². The molecule has 0 atom stereocenters. The number of hydrogen-bond acceptors (Lipinski definition) is 5. The van der Waals surface area contributed by atoms with E-state index in [-0.39, 0.29) is 16.7 Å². The van der Waals surface area contributed by atoms with Crippen molar-refractivity contribution in [3.05, 3.63) is 81.6 Å². The molecule has 0 saturated carbocycles. The summed E-state index contributed by atoms with van der Waals surface area (Å²) < 4.78 is 1.66. The maximum atomic E-state index is 12.4. The van der Waals surface area contributed by atoms with Gasteiger partial charge in [-0.05, 0) is 50.2 Å². The SMILES string of the molecule is Cc1nn(-c2ccc(C(=O)ON3C(=O)c4ccccc4C3=O)cc2)c(C)c1Cl. The van der Waals surface area contributed by atoms with E-state index in [1.54, 1.807) is 35.9 Å². The molecule has 7 nitrogen and oxygen atoms in total. The zero-order valence-corrected chi connectivity index (χ0v) is 15.7. The molecule has 28 heavy (non-hydrogen) atoms. The van der Waals surface area contributed by atoms with Gasteiger partial charge in [0.15, 0.2) is 0 Å². The third-order valence-electron chi connectivity index (χ3n) is 4.48. The minimum absolute atomic E-state index is 0.188. The van der Waals surface area contributed by atoms with Gasteiger partial charge in [-0.1, -0.05) is 28.8 Å². The highest BCUT2D eigenvalue weighted by Gasteiger charge is 2.38. The maximum Gasteiger partial charge on any atom is 0.363 e. The number of amides is 2. The number of aromatic nitrogens is 2. The Labute approximate surface area is 165 Å². The van der Waals surface area contributed by atoms with Crippen molar-refractivity contribution in [2.45, 2.75) is 13.8 Å². The van der Waals surface area contributed by atoms with Crippen LogP contribution < -0.4 is 0 Å². The predicted molar refractivity (Wildman–Crippen MR) is 100 cm³/mol. The molecule has 0 saturated heterocycles. The Balaban J connectivity index is 1.54. The number of hydroxylamine groups is 2. The first-order valence-electron chi connectivity index (χ1n) is 8.40. The summed E-state index contributed by atoms with van der Waals surface area (Å²) in [6.07, 6.45) is 0. The van der Waals surface area contributed by atoms with Gasteiger partial charge in [0, 0.05) is 0 Å². The fourth-order valence-electron chi connectivity index (χ4n) is 3.00. The van der Waals surface area contributed by atoms with Crippen LogP contribution in [0.15, 0.2) is 48.5 Å². The number of benzene rings is 2. The van der Waals surface area contributed by atoms with Crippen LogP contribution in [0.4, 0.5) is 0 Å². The van der Waals surface area contributed by atoms with Crippen molar-refractivity contribution in [1.29, 1.82) is 0 Å². The Hall–Kier alpha value is -3.45. The molecule has 140 valence electrons. The normalized spacial score (nSPS) is 13.0. The number of imide groups is 1. The average molecular weight is 396 g/mol.